The maximum atomic E-state index is 15.5. The molecule has 47 heavy (non-hydrogen) atoms. The highest BCUT2D eigenvalue weighted by Crippen LogP contribution is 2.47. The van der Waals surface area contributed by atoms with Gasteiger partial charge in [-0.25, -0.2) is 31.1 Å². The largest absolute Gasteiger partial charge is 0.466 e. The molecule has 3 aromatic carbocycles. The van der Waals surface area contributed by atoms with Gasteiger partial charge in [-0.15, -0.1) is 0 Å². The van der Waals surface area contributed by atoms with E-state index in [1.807, 2.05) is 37.3 Å². The van der Waals surface area contributed by atoms with Crippen LogP contribution in [0.15, 0.2) is 83.9 Å². The molecule has 0 amide bonds. The number of halogens is 2. The summed E-state index contributed by atoms with van der Waals surface area (Å²) in [4.78, 5) is 22.7. The first-order chi connectivity index (χ1) is 22.6. The van der Waals surface area contributed by atoms with E-state index >= 15 is 4.39 Å². The lowest BCUT2D eigenvalue weighted by atomic mass is 9.61. The van der Waals surface area contributed by atoms with Crippen LogP contribution in [0, 0.1) is 36.3 Å². The van der Waals surface area contributed by atoms with Crippen LogP contribution in [0.1, 0.15) is 38.2 Å². The number of aromatic nitrogens is 3. The van der Waals surface area contributed by atoms with Gasteiger partial charge in [0.25, 0.3) is 10.0 Å². The van der Waals surface area contributed by atoms with Crippen molar-refractivity contribution in [3.8, 4) is 22.6 Å². The van der Waals surface area contributed by atoms with Crippen molar-refractivity contribution in [2.75, 3.05) is 11.9 Å². The van der Waals surface area contributed by atoms with Crippen molar-refractivity contribution in [2.24, 2.45) is 17.8 Å². The molecule has 242 valence electrons. The number of hydrogen-bond donors (Lipinski definition) is 1. The molecule has 3 saturated carbocycles. The van der Waals surface area contributed by atoms with Crippen LogP contribution in [-0.2, 0) is 19.6 Å². The minimum atomic E-state index is -4.30. The zero-order chi connectivity index (χ0) is 32.9. The Labute approximate surface area is 271 Å². The number of carbonyl (C=O) groups is 1. The average Bonchev–Trinajstić information content (AvgIpc) is 3.47. The van der Waals surface area contributed by atoms with E-state index in [0.29, 0.717) is 17.6 Å². The van der Waals surface area contributed by atoms with Gasteiger partial charge in [-0.05, 0) is 69.6 Å². The first-order valence-electron chi connectivity index (χ1n) is 15.8. The fourth-order valence-corrected chi connectivity index (χ4v) is 8.62. The molecule has 0 spiro atoms. The molecule has 2 bridgehead atoms. The van der Waals surface area contributed by atoms with Crippen molar-refractivity contribution in [3.63, 3.8) is 0 Å². The quantitative estimate of drug-likeness (QED) is 0.174. The minimum Gasteiger partial charge on any atom is -0.466 e. The average molecular weight is 657 g/mol. The number of anilines is 1. The fraction of sp³-hybridized carbons (Fsp3) is 0.306. The highest BCUT2D eigenvalue weighted by Gasteiger charge is 2.48. The Balaban J connectivity index is 1.40. The van der Waals surface area contributed by atoms with Gasteiger partial charge in [0.15, 0.2) is 11.6 Å². The predicted molar refractivity (Wildman–Crippen MR) is 175 cm³/mol. The highest BCUT2D eigenvalue weighted by molar-refractivity contribution is 7.90. The van der Waals surface area contributed by atoms with Crippen molar-refractivity contribution < 1.29 is 26.7 Å². The second kappa shape index (κ2) is 12.2. The van der Waals surface area contributed by atoms with Crippen molar-refractivity contribution in [1.82, 2.24) is 13.9 Å². The maximum absolute atomic E-state index is 15.5. The Bertz CT molecular complexity index is 2080. The minimum absolute atomic E-state index is 0.00970. The smallest absolute Gasteiger partial charge is 0.311 e. The molecule has 3 fully saturated rings. The number of hydrogen-bond acceptors (Lipinski definition) is 7. The third kappa shape index (κ3) is 5.66. The molecule has 8 nitrogen and oxygen atoms in total. The zero-order valence-electron chi connectivity index (χ0n) is 26.0. The molecule has 8 rings (SSSR count). The van der Waals surface area contributed by atoms with Gasteiger partial charge in [0.2, 0.25) is 0 Å². The summed E-state index contributed by atoms with van der Waals surface area (Å²) in [7, 11) is -4.30. The molecule has 3 aliphatic carbocycles. The molecule has 5 aromatic rings. The van der Waals surface area contributed by atoms with Crippen molar-refractivity contribution in [2.45, 2.75) is 50.5 Å². The fourth-order valence-electron chi connectivity index (χ4n) is 7.24. The third-order valence-electron chi connectivity index (χ3n) is 9.49. The second-order valence-electron chi connectivity index (χ2n) is 12.4. The van der Waals surface area contributed by atoms with Crippen LogP contribution in [0.25, 0.3) is 33.5 Å². The summed E-state index contributed by atoms with van der Waals surface area (Å²) in [6.45, 7) is 3.92. The third-order valence-corrected chi connectivity index (χ3v) is 11.2. The molecule has 0 unspecified atom stereocenters. The summed E-state index contributed by atoms with van der Waals surface area (Å²) in [5.41, 5.74) is 1.97. The molecule has 0 radical (unpaired) electrons. The van der Waals surface area contributed by atoms with Gasteiger partial charge in [0.05, 0.1) is 23.1 Å². The lowest BCUT2D eigenvalue weighted by Crippen LogP contribution is -2.52. The molecule has 11 heteroatoms. The number of carbonyl (C=O) groups excluding carboxylic acids is 1. The van der Waals surface area contributed by atoms with Gasteiger partial charge in [0, 0.05) is 40.9 Å². The van der Waals surface area contributed by atoms with Gasteiger partial charge in [-0.1, -0.05) is 48.0 Å². The van der Waals surface area contributed by atoms with Crippen LogP contribution in [-0.4, -0.2) is 41.0 Å². The van der Waals surface area contributed by atoms with Crippen LogP contribution in [0.3, 0.4) is 0 Å². The first-order valence-corrected chi connectivity index (χ1v) is 17.3. The van der Waals surface area contributed by atoms with Crippen LogP contribution in [0.5, 0.6) is 0 Å². The zero-order valence-corrected chi connectivity index (χ0v) is 26.8. The molecule has 1 N–H and O–H groups in total. The van der Waals surface area contributed by atoms with E-state index < -0.39 is 21.7 Å². The molecule has 2 heterocycles. The van der Waals surface area contributed by atoms with Gasteiger partial charge >= 0.3 is 5.97 Å². The summed E-state index contributed by atoms with van der Waals surface area (Å²) < 4.78 is 64.4. The van der Waals surface area contributed by atoms with E-state index in [9.17, 15) is 17.6 Å². The number of fused-ring (bicyclic) bond motifs is 4. The summed E-state index contributed by atoms with van der Waals surface area (Å²) in [5.74, 6) is -1.54. The Kier molecular flexibility index (Phi) is 8.03. The van der Waals surface area contributed by atoms with E-state index in [1.54, 1.807) is 25.1 Å². The Morgan fingerprint density at radius 1 is 0.957 bits per heavy atom. The number of benzene rings is 3. The van der Waals surface area contributed by atoms with Crippen LogP contribution in [0.2, 0.25) is 0 Å². The molecular formula is C36H34F2N4O4S. The monoisotopic (exact) mass is 656 g/mol. The highest BCUT2D eigenvalue weighted by atomic mass is 32.2. The Hall–Kier alpha value is -4.64. The molecule has 2 aromatic heterocycles. The van der Waals surface area contributed by atoms with Gasteiger partial charge in [-0.2, -0.15) is 0 Å². The van der Waals surface area contributed by atoms with Crippen molar-refractivity contribution in [3.05, 3.63) is 96.2 Å². The predicted octanol–water partition coefficient (Wildman–Crippen LogP) is 7.37. The summed E-state index contributed by atoms with van der Waals surface area (Å²) >= 11 is 0. The summed E-state index contributed by atoms with van der Waals surface area (Å²) in [6, 6.07) is 18.9. The molecule has 3 aliphatic rings. The van der Waals surface area contributed by atoms with E-state index in [1.165, 1.54) is 18.3 Å². The number of nitrogens with one attached hydrogen (secondary N) is 1. The summed E-state index contributed by atoms with van der Waals surface area (Å²) in [6.07, 6.45) is 5.13. The number of ether oxygens (including phenoxy) is 1. The van der Waals surface area contributed by atoms with Crippen LogP contribution < -0.4 is 5.32 Å². The van der Waals surface area contributed by atoms with E-state index in [2.05, 4.69) is 5.32 Å². The number of nitrogens with zero attached hydrogens (tertiary/aromatic N) is 3. The van der Waals surface area contributed by atoms with Gasteiger partial charge < -0.3 is 10.1 Å². The van der Waals surface area contributed by atoms with E-state index in [0.717, 1.165) is 46.8 Å². The van der Waals surface area contributed by atoms with Gasteiger partial charge in [-0.3, -0.25) is 4.79 Å². The molecule has 2 atom stereocenters. The summed E-state index contributed by atoms with van der Waals surface area (Å²) in [5, 5.41) is 3.55. The van der Waals surface area contributed by atoms with Crippen LogP contribution in [0.4, 0.5) is 14.6 Å². The second-order valence-corrected chi connectivity index (χ2v) is 14.2. The Morgan fingerprint density at radius 2 is 1.66 bits per heavy atom. The van der Waals surface area contributed by atoms with E-state index in [-0.39, 0.29) is 63.6 Å². The number of rotatable bonds is 8. The Morgan fingerprint density at radius 3 is 2.36 bits per heavy atom. The van der Waals surface area contributed by atoms with Gasteiger partial charge in [0.1, 0.15) is 17.2 Å². The van der Waals surface area contributed by atoms with E-state index in [4.69, 9.17) is 14.7 Å². The number of esters is 1. The lowest BCUT2D eigenvalue weighted by Gasteiger charge is -2.47. The topological polar surface area (TPSA) is 103 Å². The molecule has 0 saturated heterocycles. The number of aryl methyl sites for hydroxylation is 1. The molecule has 0 aliphatic heterocycles. The SMILES string of the molecule is CCOC(=O)[C@H]1C2CCC(CC2)[C@@H]1Nc1cc(-c2ccccc2)nc(-c2cn(S(=O)(=O)c3ccc(C)cc3)c3c(F)cc(F)cc23)n1. The standard InChI is InChI=1S/C36H34F2N4O4S/c1-3-46-36(43)32-23-11-13-24(14-12-23)33(32)40-31-19-30(22-7-5-4-6-8-22)39-35(41-31)28-20-42(34-27(28)17-25(37)18-29(34)38)47(44,45)26-15-9-21(2)10-16-26/h4-10,15-20,23-24,32-33H,3,11-14H2,1-2H3,(H,39,40,41)/t23?,24?,32-,33-/m0/s1. The van der Waals surface area contributed by atoms with Crippen LogP contribution >= 0.6 is 0 Å². The normalized spacial score (nSPS) is 20.8. The maximum Gasteiger partial charge on any atom is 0.311 e. The van der Waals surface area contributed by atoms with Crippen molar-refractivity contribution in [1.29, 1.82) is 0 Å². The van der Waals surface area contributed by atoms with Crippen molar-refractivity contribution >= 4 is 32.7 Å². The lowest BCUT2D eigenvalue weighted by molar-refractivity contribution is -0.154. The first kappa shape index (κ1) is 31.0. The molecular weight excluding hydrogens is 622 g/mol.